The number of morpholine rings is 1. The molecule has 21 heavy (non-hydrogen) atoms. The van der Waals surface area contributed by atoms with E-state index in [-0.39, 0.29) is 24.5 Å². The largest absolute Gasteiger partial charge is 0.374 e. The van der Waals surface area contributed by atoms with E-state index in [0.29, 0.717) is 19.1 Å². The minimum absolute atomic E-state index is 0.0102. The zero-order valence-corrected chi connectivity index (χ0v) is 12.7. The second-order valence-corrected chi connectivity index (χ2v) is 6.78. The monoisotopic (exact) mass is 295 g/mol. The van der Waals surface area contributed by atoms with Gasteiger partial charge in [-0.25, -0.2) is 0 Å². The van der Waals surface area contributed by atoms with Crippen LogP contribution in [0.5, 0.6) is 0 Å². The fourth-order valence-corrected chi connectivity index (χ4v) is 3.42. The van der Waals surface area contributed by atoms with E-state index in [1.54, 1.807) is 4.90 Å². The SMILES string of the molecule is CN1CCO[C@H](CN(CC(N)=O)C(=O)[C@H]2C[C@H]2C2CC2)C1. The number of nitrogens with zero attached hydrogens (tertiary/aromatic N) is 2. The molecule has 0 aromatic carbocycles. The van der Waals surface area contributed by atoms with Crippen LogP contribution in [0.25, 0.3) is 0 Å². The van der Waals surface area contributed by atoms with Gasteiger partial charge in [0.2, 0.25) is 11.8 Å². The molecule has 2 aliphatic carbocycles. The molecule has 0 unspecified atom stereocenters. The standard InChI is InChI=1S/C15H25N3O3/c1-17-4-5-21-11(7-17)8-18(9-14(16)19)15(20)13-6-12(13)10-2-3-10/h10-13H,2-9H2,1H3,(H2,16,19)/t11-,12-,13-/m0/s1. The summed E-state index contributed by atoms with van der Waals surface area (Å²) < 4.78 is 5.71. The normalized spacial score (nSPS) is 32.7. The van der Waals surface area contributed by atoms with E-state index < -0.39 is 5.91 Å². The van der Waals surface area contributed by atoms with Crippen LogP contribution in [0.4, 0.5) is 0 Å². The van der Waals surface area contributed by atoms with Gasteiger partial charge in [-0.15, -0.1) is 0 Å². The summed E-state index contributed by atoms with van der Waals surface area (Å²) in [6.07, 6.45) is 3.50. The Kier molecular flexibility index (Phi) is 4.17. The van der Waals surface area contributed by atoms with Crippen LogP contribution in [0, 0.1) is 17.8 Å². The van der Waals surface area contributed by atoms with Gasteiger partial charge in [0.05, 0.1) is 19.3 Å². The summed E-state index contributed by atoms with van der Waals surface area (Å²) >= 11 is 0. The highest BCUT2D eigenvalue weighted by Gasteiger charge is 2.52. The van der Waals surface area contributed by atoms with Crippen molar-refractivity contribution in [1.82, 2.24) is 9.80 Å². The van der Waals surface area contributed by atoms with Crippen molar-refractivity contribution in [2.75, 3.05) is 39.8 Å². The van der Waals surface area contributed by atoms with Gasteiger partial charge in [0.25, 0.3) is 0 Å². The maximum Gasteiger partial charge on any atom is 0.237 e. The Bertz CT molecular complexity index is 424. The van der Waals surface area contributed by atoms with Crippen LogP contribution in [0.15, 0.2) is 0 Å². The van der Waals surface area contributed by atoms with Crippen LogP contribution in [-0.2, 0) is 14.3 Å². The van der Waals surface area contributed by atoms with Crippen LogP contribution in [0.1, 0.15) is 19.3 Å². The van der Waals surface area contributed by atoms with E-state index in [2.05, 4.69) is 4.90 Å². The van der Waals surface area contributed by atoms with Crippen molar-refractivity contribution in [2.45, 2.75) is 25.4 Å². The molecule has 3 atom stereocenters. The topological polar surface area (TPSA) is 75.9 Å². The second-order valence-electron chi connectivity index (χ2n) is 6.78. The minimum atomic E-state index is -0.448. The molecule has 118 valence electrons. The molecule has 0 aromatic rings. The average molecular weight is 295 g/mol. The molecule has 1 saturated heterocycles. The Morgan fingerprint density at radius 1 is 1.38 bits per heavy atom. The van der Waals surface area contributed by atoms with E-state index in [1.807, 2.05) is 7.05 Å². The van der Waals surface area contributed by atoms with Crippen LogP contribution >= 0.6 is 0 Å². The van der Waals surface area contributed by atoms with E-state index in [4.69, 9.17) is 10.5 Å². The molecule has 6 nitrogen and oxygen atoms in total. The number of nitrogens with two attached hydrogens (primary N) is 1. The molecule has 3 rings (SSSR count). The molecular formula is C15H25N3O3. The lowest BCUT2D eigenvalue weighted by molar-refractivity contribution is -0.139. The fourth-order valence-electron chi connectivity index (χ4n) is 3.42. The van der Waals surface area contributed by atoms with Gasteiger partial charge in [-0.2, -0.15) is 0 Å². The number of hydrogen-bond donors (Lipinski definition) is 1. The quantitative estimate of drug-likeness (QED) is 0.728. The number of ether oxygens (including phenoxy) is 1. The highest BCUT2D eigenvalue weighted by Crippen LogP contribution is 2.54. The Labute approximate surface area is 125 Å². The highest BCUT2D eigenvalue weighted by molar-refractivity contribution is 5.86. The predicted molar refractivity (Wildman–Crippen MR) is 77.3 cm³/mol. The molecule has 6 heteroatoms. The summed E-state index contributed by atoms with van der Waals surface area (Å²) in [6.45, 7) is 2.86. The maximum atomic E-state index is 12.6. The Balaban J connectivity index is 1.57. The van der Waals surface area contributed by atoms with Gasteiger partial charge in [0.1, 0.15) is 0 Å². The number of primary amides is 1. The summed E-state index contributed by atoms with van der Waals surface area (Å²) in [4.78, 5) is 27.7. The van der Waals surface area contributed by atoms with Crippen molar-refractivity contribution in [1.29, 1.82) is 0 Å². The molecule has 0 radical (unpaired) electrons. The fraction of sp³-hybridized carbons (Fsp3) is 0.867. The van der Waals surface area contributed by atoms with Gasteiger partial charge in [0.15, 0.2) is 0 Å². The Hall–Kier alpha value is -1.14. The van der Waals surface area contributed by atoms with Crippen molar-refractivity contribution in [2.24, 2.45) is 23.5 Å². The predicted octanol–water partition coefficient (Wildman–Crippen LogP) is -0.323. The van der Waals surface area contributed by atoms with E-state index in [9.17, 15) is 9.59 Å². The van der Waals surface area contributed by atoms with Crippen LogP contribution in [0.2, 0.25) is 0 Å². The number of carbonyl (C=O) groups excluding carboxylic acids is 2. The molecule has 0 spiro atoms. The summed E-state index contributed by atoms with van der Waals surface area (Å²) in [6, 6.07) is 0. The Morgan fingerprint density at radius 2 is 2.14 bits per heavy atom. The molecule has 2 saturated carbocycles. The number of carbonyl (C=O) groups is 2. The first-order valence-corrected chi connectivity index (χ1v) is 7.92. The summed E-state index contributed by atoms with van der Waals surface area (Å²) in [5.41, 5.74) is 5.31. The maximum absolute atomic E-state index is 12.6. The number of likely N-dealkylation sites (N-methyl/N-ethyl adjacent to an activating group) is 1. The lowest BCUT2D eigenvalue weighted by Gasteiger charge is -2.33. The number of rotatable bonds is 6. The van der Waals surface area contributed by atoms with Gasteiger partial charge in [-0.1, -0.05) is 0 Å². The first-order chi connectivity index (χ1) is 10.0. The van der Waals surface area contributed by atoms with Crippen molar-refractivity contribution in [3.8, 4) is 0 Å². The van der Waals surface area contributed by atoms with E-state index in [1.165, 1.54) is 12.8 Å². The molecule has 1 aliphatic heterocycles. The molecular weight excluding hydrogens is 270 g/mol. The zero-order chi connectivity index (χ0) is 15.0. The van der Waals surface area contributed by atoms with Gasteiger partial charge in [0, 0.05) is 25.6 Å². The van der Waals surface area contributed by atoms with Crippen LogP contribution < -0.4 is 5.73 Å². The van der Waals surface area contributed by atoms with Crippen molar-refractivity contribution in [3.63, 3.8) is 0 Å². The second kappa shape index (κ2) is 5.93. The van der Waals surface area contributed by atoms with Gasteiger partial charge >= 0.3 is 0 Å². The molecule has 0 aromatic heterocycles. The van der Waals surface area contributed by atoms with Crippen molar-refractivity contribution < 1.29 is 14.3 Å². The van der Waals surface area contributed by atoms with Gasteiger partial charge in [-0.05, 0) is 38.1 Å². The molecule has 3 aliphatic rings. The molecule has 0 bridgehead atoms. The molecule has 2 N–H and O–H groups in total. The highest BCUT2D eigenvalue weighted by atomic mass is 16.5. The average Bonchev–Trinajstić information content (AvgIpc) is 3.26. The van der Waals surface area contributed by atoms with Crippen LogP contribution in [0.3, 0.4) is 0 Å². The minimum Gasteiger partial charge on any atom is -0.374 e. The van der Waals surface area contributed by atoms with Gasteiger partial charge < -0.3 is 20.3 Å². The lowest BCUT2D eigenvalue weighted by atomic mass is 10.2. The Morgan fingerprint density at radius 3 is 2.76 bits per heavy atom. The van der Waals surface area contributed by atoms with Crippen molar-refractivity contribution in [3.05, 3.63) is 0 Å². The summed E-state index contributed by atoms with van der Waals surface area (Å²) in [5, 5.41) is 0. The summed E-state index contributed by atoms with van der Waals surface area (Å²) in [5.74, 6) is 1.09. The lowest BCUT2D eigenvalue weighted by Crippen LogP contribution is -2.49. The zero-order valence-electron chi connectivity index (χ0n) is 12.7. The van der Waals surface area contributed by atoms with E-state index >= 15 is 0 Å². The third-order valence-electron chi connectivity index (χ3n) is 4.81. The van der Waals surface area contributed by atoms with Gasteiger partial charge in [-0.3, -0.25) is 9.59 Å². The third-order valence-corrected chi connectivity index (χ3v) is 4.81. The molecule has 3 fully saturated rings. The smallest absolute Gasteiger partial charge is 0.237 e. The summed E-state index contributed by atoms with van der Waals surface area (Å²) in [7, 11) is 2.04. The molecule has 1 heterocycles. The third kappa shape index (κ3) is 3.74. The van der Waals surface area contributed by atoms with Crippen LogP contribution in [-0.4, -0.2) is 67.6 Å². The molecule has 2 amide bonds. The number of amides is 2. The van der Waals surface area contributed by atoms with Crippen molar-refractivity contribution >= 4 is 11.8 Å². The first kappa shape index (κ1) is 14.8. The number of hydrogen-bond acceptors (Lipinski definition) is 4. The first-order valence-electron chi connectivity index (χ1n) is 7.92. The van der Waals surface area contributed by atoms with E-state index in [0.717, 1.165) is 25.4 Å².